The van der Waals surface area contributed by atoms with Crippen LogP contribution >= 0.6 is 7.14 Å². The molecule has 0 aromatic heterocycles. The molecular weight excluding hydrogens is 241 g/mol. The van der Waals surface area contributed by atoms with E-state index in [0.717, 1.165) is 0 Å². The van der Waals surface area contributed by atoms with Crippen molar-refractivity contribution in [1.29, 1.82) is 0 Å². The maximum absolute atomic E-state index is 13.2. The van der Waals surface area contributed by atoms with Crippen molar-refractivity contribution in [2.45, 2.75) is 6.17 Å². The third-order valence-corrected chi connectivity index (χ3v) is 5.23. The highest BCUT2D eigenvalue weighted by Gasteiger charge is 2.37. The van der Waals surface area contributed by atoms with Crippen molar-refractivity contribution in [3.05, 3.63) is 60.7 Å². The number of rotatable bonds is 3. The second kappa shape index (κ2) is 4.80. The summed E-state index contributed by atoms with van der Waals surface area (Å²) in [5.74, 6) is 0. The van der Waals surface area contributed by atoms with Crippen LogP contribution in [0.15, 0.2) is 60.7 Å². The average molecular weight is 252 g/mol. The molecule has 0 bridgehead atoms. The van der Waals surface area contributed by atoms with Crippen LogP contribution in [-0.2, 0) is 4.57 Å². The molecule has 0 aliphatic heterocycles. The molecule has 2 aromatic carbocycles. The van der Waals surface area contributed by atoms with Gasteiger partial charge in [-0.15, -0.1) is 0 Å². The Bertz CT molecular complexity index is 482. The van der Waals surface area contributed by atoms with Crippen molar-refractivity contribution in [1.82, 2.24) is 0 Å². The van der Waals surface area contributed by atoms with E-state index in [0.29, 0.717) is 0 Å². The fraction of sp³-hybridized carbons (Fsp3) is 0.0769. The zero-order valence-electron chi connectivity index (χ0n) is 8.96. The van der Waals surface area contributed by atoms with E-state index in [1.54, 1.807) is 36.4 Å². The third-order valence-electron chi connectivity index (χ3n) is 2.55. The fourth-order valence-electron chi connectivity index (χ4n) is 1.67. The van der Waals surface area contributed by atoms with Crippen LogP contribution in [0.5, 0.6) is 0 Å². The molecule has 2 aromatic rings. The molecule has 4 heteroatoms. The van der Waals surface area contributed by atoms with Crippen molar-refractivity contribution in [3.8, 4) is 0 Å². The average Bonchev–Trinajstić information content (AvgIpc) is 2.39. The van der Waals surface area contributed by atoms with Crippen LogP contribution in [0, 0.1) is 0 Å². The van der Waals surface area contributed by atoms with E-state index in [9.17, 15) is 13.3 Å². The van der Waals surface area contributed by atoms with E-state index in [4.69, 9.17) is 0 Å². The van der Waals surface area contributed by atoms with E-state index >= 15 is 0 Å². The molecule has 88 valence electrons. The van der Waals surface area contributed by atoms with Crippen molar-refractivity contribution in [2.24, 2.45) is 0 Å². The first-order valence-electron chi connectivity index (χ1n) is 5.15. The van der Waals surface area contributed by atoms with Crippen LogP contribution in [0.3, 0.4) is 0 Å². The second-order valence-corrected chi connectivity index (χ2v) is 6.35. The molecule has 0 aliphatic carbocycles. The molecule has 0 N–H and O–H groups in total. The number of halogens is 2. The summed E-state index contributed by atoms with van der Waals surface area (Å²) in [4.78, 5) is 0. The summed E-state index contributed by atoms with van der Waals surface area (Å²) >= 11 is 0. The molecule has 0 saturated heterocycles. The molecule has 2 rings (SSSR count). The molecular formula is C13H11F2OP. The van der Waals surface area contributed by atoms with E-state index < -0.39 is 13.3 Å². The van der Waals surface area contributed by atoms with Gasteiger partial charge < -0.3 is 4.57 Å². The maximum atomic E-state index is 13.2. The monoisotopic (exact) mass is 252 g/mol. The third kappa shape index (κ3) is 2.16. The van der Waals surface area contributed by atoms with Gasteiger partial charge in [-0.2, -0.15) is 0 Å². The first-order chi connectivity index (χ1) is 8.15. The van der Waals surface area contributed by atoms with E-state index in [2.05, 4.69) is 0 Å². The van der Waals surface area contributed by atoms with Crippen LogP contribution in [0.4, 0.5) is 8.78 Å². The van der Waals surface area contributed by atoms with Gasteiger partial charge in [0.05, 0.1) is 0 Å². The Morgan fingerprint density at radius 2 is 1.12 bits per heavy atom. The van der Waals surface area contributed by atoms with Gasteiger partial charge in [-0.3, -0.25) is 0 Å². The first kappa shape index (κ1) is 12.0. The summed E-state index contributed by atoms with van der Waals surface area (Å²) in [6.45, 7) is 0. The predicted molar refractivity (Wildman–Crippen MR) is 65.8 cm³/mol. The van der Waals surface area contributed by atoms with Gasteiger partial charge in [0.1, 0.15) is 0 Å². The summed E-state index contributed by atoms with van der Waals surface area (Å²) < 4.78 is 38.9. The highest BCUT2D eigenvalue weighted by Crippen LogP contribution is 2.49. The Balaban J connectivity index is 2.60. The summed E-state index contributed by atoms with van der Waals surface area (Å²) in [6, 6.07) is 15.8. The summed E-state index contributed by atoms with van der Waals surface area (Å²) in [6.07, 6.45) is -2.88. The highest BCUT2D eigenvalue weighted by atomic mass is 31.2. The molecule has 17 heavy (non-hydrogen) atoms. The summed E-state index contributed by atoms with van der Waals surface area (Å²) in [5, 5.41) is 0.391. The minimum atomic E-state index is -3.83. The molecule has 0 amide bonds. The SMILES string of the molecule is O=P(c1ccccc1)(c1ccccc1)C(F)F. The largest absolute Gasteiger partial charge is 0.308 e. The highest BCUT2D eigenvalue weighted by molar-refractivity contribution is 7.79. The summed E-state index contributed by atoms with van der Waals surface area (Å²) in [5.41, 5.74) is 0. The molecule has 0 spiro atoms. The molecule has 1 nitrogen and oxygen atoms in total. The lowest BCUT2D eigenvalue weighted by molar-refractivity contribution is 0.237. The maximum Gasteiger partial charge on any atom is 0.296 e. The molecule has 0 aliphatic rings. The van der Waals surface area contributed by atoms with Gasteiger partial charge in [0.2, 0.25) is 7.14 Å². The van der Waals surface area contributed by atoms with Gasteiger partial charge in [0.25, 0.3) is 6.17 Å². The lowest BCUT2D eigenvalue weighted by atomic mass is 10.4. The van der Waals surface area contributed by atoms with Gasteiger partial charge in [-0.05, 0) is 0 Å². The predicted octanol–water partition coefficient (Wildman–Crippen LogP) is 3.22. The normalized spacial score (nSPS) is 11.7. The van der Waals surface area contributed by atoms with Crippen LogP contribution in [0.2, 0.25) is 0 Å². The molecule has 0 unspecified atom stereocenters. The van der Waals surface area contributed by atoms with Crippen molar-refractivity contribution >= 4 is 17.8 Å². The van der Waals surface area contributed by atoms with Crippen LogP contribution < -0.4 is 10.6 Å². The van der Waals surface area contributed by atoms with Crippen LogP contribution in [-0.4, -0.2) is 6.17 Å². The van der Waals surface area contributed by atoms with Gasteiger partial charge in [0.15, 0.2) is 0 Å². The Labute approximate surface area is 98.5 Å². The first-order valence-corrected chi connectivity index (χ1v) is 6.92. The second-order valence-electron chi connectivity index (χ2n) is 3.61. The van der Waals surface area contributed by atoms with Crippen molar-refractivity contribution < 1.29 is 13.3 Å². The van der Waals surface area contributed by atoms with Crippen molar-refractivity contribution in [3.63, 3.8) is 0 Å². The van der Waals surface area contributed by atoms with Gasteiger partial charge >= 0.3 is 0 Å². The summed E-state index contributed by atoms with van der Waals surface area (Å²) in [7, 11) is -3.83. The molecule has 0 heterocycles. The van der Waals surface area contributed by atoms with Crippen LogP contribution in [0.25, 0.3) is 0 Å². The number of alkyl halides is 2. The Morgan fingerprint density at radius 3 is 1.41 bits per heavy atom. The van der Waals surface area contributed by atoms with E-state index in [1.165, 1.54) is 24.3 Å². The Kier molecular flexibility index (Phi) is 3.39. The topological polar surface area (TPSA) is 17.1 Å². The van der Waals surface area contributed by atoms with E-state index in [1.807, 2.05) is 0 Å². The lowest BCUT2D eigenvalue weighted by Crippen LogP contribution is -2.20. The minimum absolute atomic E-state index is 0.196. The van der Waals surface area contributed by atoms with Gasteiger partial charge in [0, 0.05) is 10.6 Å². The van der Waals surface area contributed by atoms with Crippen molar-refractivity contribution in [2.75, 3.05) is 0 Å². The lowest BCUT2D eigenvalue weighted by Gasteiger charge is -2.17. The number of hydrogen-bond donors (Lipinski definition) is 0. The molecule has 0 atom stereocenters. The Morgan fingerprint density at radius 1 is 0.765 bits per heavy atom. The molecule has 0 fully saturated rings. The zero-order chi connectivity index (χ0) is 12.3. The molecule has 0 radical (unpaired) electrons. The fourth-order valence-corrected chi connectivity index (χ4v) is 3.65. The van der Waals surface area contributed by atoms with E-state index in [-0.39, 0.29) is 10.6 Å². The van der Waals surface area contributed by atoms with Crippen LogP contribution in [0.1, 0.15) is 0 Å². The zero-order valence-corrected chi connectivity index (χ0v) is 9.86. The standard InChI is InChI=1S/C13H11F2OP/c14-13(15)17(16,11-7-3-1-4-8-11)12-9-5-2-6-10-12/h1-10,13H. The van der Waals surface area contributed by atoms with Gasteiger partial charge in [-0.25, -0.2) is 8.78 Å². The van der Waals surface area contributed by atoms with Gasteiger partial charge in [-0.1, -0.05) is 60.7 Å². The number of benzene rings is 2. The minimum Gasteiger partial charge on any atom is -0.308 e. The quantitative estimate of drug-likeness (QED) is 0.766. The molecule has 0 saturated carbocycles. The Hall–Kier alpha value is -1.47. The smallest absolute Gasteiger partial charge is 0.296 e. The number of hydrogen-bond acceptors (Lipinski definition) is 1.